The molecule has 0 aliphatic heterocycles. The first kappa shape index (κ1) is 12.6. The number of rotatable bonds is 4. The highest BCUT2D eigenvalue weighted by Gasteiger charge is 2.09. The van der Waals surface area contributed by atoms with E-state index < -0.39 is 0 Å². The second kappa shape index (κ2) is 5.67. The van der Waals surface area contributed by atoms with Crippen LogP contribution in [0.2, 0.25) is 5.02 Å². The molecular formula is C12H12BrClN2O. The number of hydrogen-bond acceptors (Lipinski definition) is 3. The van der Waals surface area contributed by atoms with Crippen LogP contribution < -0.4 is 5.32 Å². The van der Waals surface area contributed by atoms with Crippen molar-refractivity contribution in [2.45, 2.75) is 13.5 Å². The minimum absolute atomic E-state index is 0.634. The quantitative estimate of drug-likeness (QED) is 0.931. The van der Waals surface area contributed by atoms with Gasteiger partial charge in [0, 0.05) is 15.1 Å². The fourth-order valence-electron chi connectivity index (χ4n) is 1.43. The molecule has 17 heavy (non-hydrogen) atoms. The van der Waals surface area contributed by atoms with Crippen LogP contribution in [0.5, 0.6) is 0 Å². The summed E-state index contributed by atoms with van der Waals surface area (Å²) in [4.78, 5) is 4.21. The molecule has 0 radical (unpaired) electrons. The highest BCUT2D eigenvalue weighted by molar-refractivity contribution is 9.10. The van der Waals surface area contributed by atoms with Gasteiger partial charge in [-0.05, 0) is 24.7 Å². The van der Waals surface area contributed by atoms with Gasteiger partial charge in [-0.3, -0.25) is 0 Å². The Kier molecular flexibility index (Phi) is 4.20. The van der Waals surface area contributed by atoms with Crippen molar-refractivity contribution in [2.24, 2.45) is 0 Å². The lowest BCUT2D eigenvalue weighted by molar-refractivity contribution is 0.482. The fourth-order valence-corrected chi connectivity index (χ4v) is 2.05. The zero-order chi connectivity index (χ0) is 12.3. The SMILES string of the molecule is CCNCc1ncc(-c2cc(Cl)ccc2Br)o1. The molecule has 0 unspecified atom stereocenters. The first-order valence-corrected chi connectivity index (χ1v) is 6.48. The van der Waals surface area contributed by atoms with E-state index in [1.807, 2.05) is 25.1 Å². The van der Waals surface area contributed by atoms with Crippen LogP contribution in [-0.4, -0.2) is 11.5 Å². The first-order valence-electron chi connectivity index (χ1n) is 5.31. The topological polar surface area (TPSA) is 38.1 Å². The second-order valence-corrected chi connectivity index (χ2v) is 4.81. The predicted molar refractivity (Wildman–Crippen MR) is 72.0 cm³/mol. The molecule has 0 atom stereocenters. The van der Waals surface area contributed by atoms with E-state index in [4.69, 9.17) is 16.0 Å². The van der Waals surface area contributed by atoms with Crippen LogP contribution in [0.25, 0.3) is 11.3 Å². The molecule has 1 N–H and O–H groups in total. The second-order valence-electron chi connectivity index (χ2n) is 3.52. The van der Waals surface area contributed by atoms with Crippen molar-refractivity contribution >= 4 is 27.5 Å². The van der Waals surface area contributed by atoms with E-state index in [0.29, 0.717) is 23.2 Å². The number of oxazole rings is 1. The van der Waals surface area contributed by atoms with Gasteiger partial charge in [0.1, 0.15) is 0 Å². The molecule has 0 fully saturated rings. The van der Waals surface area contributed by atoms with Gasteiger partial charge in [0.2, 0.25) is 5.89 Å². The molecule has 0 saturated heterocycles. The Morgan fingerprint density at radius 1 is 1.47 bits per heavy atom. The van der Waals surface area contributed by atoms with Gasteiger partial charge in [0.25, 0.3) is 0 Å². The number of hydrogen-bond donors (Lipinski definition) is 1. The van der Waals surface area contributed by atoms with Gasteiger partial charge in [-0.25, -0.2) is 4.98 Å². The van der Waals surface area contributed by atoms with Crippen LogP contribution in [-0.2, 0) is 6.54 Å². The maximum absolute atomic E-state index is 5.96. The minimum Gasteiger partial charge on any atom is -0.439 e. The van der Waals surface area contributed by atoms with Crippen LogP contribution in [0, 0.1) is 0 Å². The molecule has 1 aromatic carbocycles. The Hall–Kier alpha value is -0.840. The Labute approximate surface area is 113 Å². The van der Waals surface area contributed by atoms with Gasteiger partial charge in [-0.1, -0.05) is 34.5 Å². The van der Waals surface area contributed by atoms with E-state index in [1.54, 1.807) is 6.20 Å². The van der Waals surface area contributed by atoms with E-state index in [1.165, 1.54) is 0 Å². The molecular weight excluding hydrogens is 304 g/mol. The molecule has 0 aliphatic carbocycles. The monoisotopic (exact) mass is 314 g/mol. The molecule has 1 aromatic heterocycles. The average molecular weight is 316 g/mol. The number of nitrogens with one attached hydrogen (secondary N) is 1. The molecule has 90 valence electrons. The molecule has 3 nitrogen and oxygen atoms in total. The average Bonchev–Trinajstić information content (AvgIpc) is 2.78. The summed E-state index contributed by atoms with van der Waals surface area (Å²) in [5.41, 5.74) is 0.910. The highest BCUT2D eigenvalue weighted by Crippen LogP contribution is 2.31. The molecule has 0 saturated carbocycles. The van der Waals surface area contributed by atoms with E-state index in [2.05, 4.69) is 26.2 Å². The zero-order valence-corrected chi connectivity index (χ0v) is 11.7. The molecule has 0 aliphatic rings. The number of nitrogens with zero attached hydrogens (tertiary/aromatic N) is 1. The summed E-state index contributed by atoms with van der Waals surface area (Å²) in [6.45, 7) is 3.56. The van der Waals surface area contributed by atoms with Gasteiger partial charge >= 0.3 is 0 Å². The normalized spacial score (nSPS) is 10.8. The highest BCUT2D eigenvalue weighted by atomic mass is 79.9. The van der Waals surface area contributed by atoms with Gasteiger partial charge in [0.15, 0.2) is 5.76 Å². The molecule has 2 rings (SSSR count). The summed E-state index contributed by atoms with van der Waals surface area (Å²) >= 11 is 9.43. The molecule has 2 aromatic rings. The summed E-state index contributed by atoms with van der Waals surface area (Å²) in [5.74, 6) is 1.39. The smallest absolute Gasteiger partial charge is 0.208 e. The van der Waals surface area contributed by atoms with E-state index >= 15 is 0 Å². The van der Waals surface area contributed by atoms with E-state index in [-0.39, 0.29) is 0 Å². The third-order valence-electron chi connectivity index (χ3n) is 2.27. The number of halogens is 2. The van der Waals surface area contributed by atoms with Crippen LogP contribution in [0.3, 0.4) is 0 Å². The van der Waals surface area contributed by atoms with Gasteiger partial charge in [-0.2, -0.15) is 0 Å². The van der Waals surface area contributed by atoms with Crippen molar-refractivity contribution in [1.29, 1.82) is 0 Å². The summed E-state index contributed by atoms with van der Waals surface area (Å²) in [6.07, 6.45) is 1.71. The first-order chi connectivity index (χ1) is 8.20. The standard InChI is InChI=1S/C12H12BrClN2O/c1-2-15-7-12-16-6-11(17-12)9-5-8(14)3-4-10(9)13/h3-6,15H,2,7H2,1H3. The Morgan fingerprint density at radius 2 is 2.29 bits per heavy atom. The van der Waals surface area contributed by atoms with E-state index in [9.17, 15) is 0 Å². The Balaban J connectivity index is 2.27. The predicted octanol–water partition coefficient (Wildman–Crippen LogP) is 3.87. The summed E-state index contributed by atoms with van der Waals surface area (Å²) in [6, 6.07) is 5.57. The summed E-state index contributed by atoms with van der Waals surface area (Å²) in [7, 11) is 0. The fraction of sp³-hybridized carbons (Fsp3) is 0.250. The lowest BCUT2D eigenvalue weighted by atomic mass is 10.2. The Bertz CT molecular complexity index is 513. The molecule has 5 heteroatoms. The third-order valence-corrected chi connectivity index (χ3v) is 3.20. The number of benzene rings is 1. The third kappa shape index (κ3) is 3.09. The van der Waals surface area contributed by atoms with Crippen LogP contribution in [0.4, 0.5) is 0 Å². The van der Waals surface area contributed by atoms with E-state index in [0.717, 1.165) is 16.6 Å². The summed E-state index contributed by atoms with van der Waals surface area (Å²) < 4.78 is 6.58. The van der Waals surface area contributed by atoms with Gasteiger partial charge in [-0.15, -0.1) is 0 Å². The largest absolute Gasteiger partial charge is 0.439 e. The maximum atomic E-state index is 5.96. The summed E-state index contributed by atoms with van der Waals surface area (Å²) in [5, 5.41) is 3.84. The molecule has 0 spiro atoms. The lowest BCUT2D eigenvalue weighted by Crippen LogP contribution is -2.11. The zero-order valence-electron chi connectivity index (χ0n) is 9.34. The Morgan fingerprint density at radius 3 is 3.06 bits per heavy atom. The maximum Gasteiger partial charge on any atom is 0.208 e. The van der Waals surface area contributed by atoms with Crippen LogP contribution >= 0.6 is 27.5 Å². The van der Waals surface area contributed by atoms with Gasteiger partial charge in [0.05, 0.1) is 12.7 Å². The lowest BCUT2D eigenvalue weighted by Gasteiger charge is -2.01. The van der Waals surface area contributed by atoms with Crippen molar-refractivity contribution in [3.8, 4) is 11.3 Å². The van der Waals surface area contributed by atoms with Crippen molar-refractivity contribution in [2.75, 3.05) is 6.54 Å². The van der Waals surface area contributed by atoms with Crippen molar-refractivity contribution in [3.63, 3.8) is 0 Å². The number of aromatic nitrogens is 1. The van der Waals surface area contributed by atoms with Crippen molar-refractivity contribution < 1.29 is 4.42 Å². The molecule has 0 bridgehead atoms. The molecule has 0 amide bonds. The van der Waals surface area contributed by atoms with Gasteiger partial charge < -0.3 is 9.73 Å². The van der Waals surface area contributed by atoms with Crippen LogP contribution in [0.1, 0.15) is 12.8 Å². The van der Waals surface area contributed by atoms with Crippen molar-refractivity contribution in [3.05, 3.63) is 39.8 Å². The van der Waals surface area contributed by atoms with Crippen LogP contribution in [0.15, 0.2) is 33.3 Å². The van der Waals surface area contributed by atoms with Crippen molar-refractivity contribution in [1.82, 2.24) is 10.3 Å². The minimum atomic E-state index is 0.634. The molecule has 1 heterocycles.